The molecule has 2 rings (SSSR count). The van der Waals surface area contributed by atoms with Crippen molar-refractivity contribution in [2.24, 2.45) is 7.05 Å². The second-order valence-electron chi connectivity index (χ2n) is 5.84. The number of nitrogens with one attached hydrogen (secondary N) is 1. The van der Waals surface area contributed by atoms with E-state index in [2.05, 4.69) is 10.4 Å². The first-order valence-corrected chi connectivity index (χ1v) is 6.75. The molecule has 0 saturated carbocycles. The van der Waals surface area contributed by atoms with E-state index in [-0.39, 0.29) is 0 Å². The highest BCUT2D eigenvalue weighted by Crippen LogP contribution is 2.26. The molecule has 0 fully saturated rings. The lowest BCUT2D eigenvalue weighted by Crippen LogP contribution is -2.27. The Bertz CT molecular complexity index is 728. The molecule has 1 N–H and O–H groups in total. The van der Waals surface area contributed by atoms with Crippen LogP contribution in [0.4, 0.5) is 10.5 Å². The van der Waals surface area contributed by atoms with Crippen molar-refractivity contribution in [3.8, 4) is 0 Å². The summed E-state index contributed by atoms with van der Waals surface area (Å²) in [4.78, 5) is 23.7. The summed E-state index contributed by atoms with van der Waals surface area (Å²) in [5.74, 6) is -0.490. The van der Waals surface area contributed by atoms with E-state index in [4.69, 9.17) is 9.47 Å². The lowest BCUT2D eigenvalue weighted by atomic mass is 10.1. The lowest BCUT2D eigenvalue weighted by molar-refractivity contribution is 0.0596. The van der Waals surface area contributed by atoms with Gasteiger partial charge in [0, 0.05) is 12.4 Å². The van der Waals surface area contributed by atoms with Crippen LogP contribution in [0.2, 0.25) is 0 Å². The first kappa shape index (κ1) is 15.8. The predicted molar refractivity (Wildman–Crippen MR) is 81.9 cm³/mol. The van der Waals surface area contributed by atoms with Gasteiger partial charge in [0.2, 0.25) is 0 Å². The van der Waals surface area contributed by atoms with Gasteiger partial charge >= 0.3 is 12.1 Å². The van der Waals surface area contributed by atoms with Gasteiger partial charge < -0.3 is 9.47 Å². The van der Waals surface area contributed by atoms with E-state index in [0.717, 1.165) is 0 Å². The van der Waals surface area contributed by atoms with Crippen LogP contribution in [-0.2, 0) is 16.5 Å². The Morgan fingerprint density at radius 3 is 2.55 bits per heavy atom. The third kappa shape index (κ3) is 3.36. The smallest absolute Gasteiger partial charge is 0.412 e. The molecule has 118 valence electrons. The molecular formula is C15H19N3O4. The molecule has 0 saturated heterocycles. The molecule has 0 aliphatic rings. The largest absolute Gasteiger partial charge is 0.465 e. The Labute approximate surface area is 128 Å². The fourth-order valence-electron chi connectivity index (χ4n) is 2.00. The van der Waals surface area contributed by atoms with Gasteiger partial charge in [-0.3, -0.25) is 10.00 Å². The van der Waals surface area contributed by atoms with Crippen LogP contribution >= 0.6 is 0 Å². The fourth-order valence-corrected chi connectivity index (χ4v) is 2.00. The summed E-state index contributed by atoms with van der Waals surface area (Å²) < 4.78 is 11.6. The number of hydrogen-bond donors (Lipinski definition) is 1. The topological polar surface area (TPSA) is 82.4 Å². The van der Waals surface area contributed by atoms with E-state index in [1.807, 2.05) is 0 Å². The Hall–Kier alpha value is -2.57. The van der Waals surface area contributed by atoms with Crippen molar-refractivity contribution in [1.82, 2.24) is 9.78 Å². The Balaban J connectivity index is 2.43. The van der Waals surface area contributed by atoms with Gasteiger partial charge in [0.15, 0.2) is 0 Å². The number of benzene rings is 1. The zero-order valence-corrected chi connectivity index (χ0v) is 13.3. The van der Waals surface area contributed by atoms with Crippen LogP contribution < -0.4 is 5.32 Å². The maximum atomic E-state index is 12.0. The standard InChI is InChI=1S/C15H19N3O4/c1-15(2,3)22-14(20)17-11-6-9(13(19)21-5)7-12-10(11)8-16-18(12)4/h6-8H,1-5H3,(H,17,20). The number of methoxy groups -OCH3 is 1. The third-order valence-electron chi connectivity index (χ3n) is 2.92. The molecule has 22 heavy (non-hydrogen) atoms. The Kier molecular flexibility index (Phi) is 4.07. The highest BCUT2D eigenvalue weighted by atomic mass is 16.6. The average molecular weight is 305 g/mol. The summed E-state index contributed by atoms with van der Waals surface area (Å²) in [5, 5.41) is 7.50. The number of carbonyl (C=O) groups is 2. The van der Waals surface area contributed by atoms with Crippen molar-refractivity contribution in [3.63, 3.8) is 0 Å². The second kappa shape index (κ2) is 5.67. The summed E-state index contributed by atoms with van der Waals surface area (Å²) in [6.07, 6.45) is 1.02. The van der Waals surface area contributed by atoms with Crippen molar-refractivity contribution < 1.29 is 19.1 Å². The SMILES string of the molecule is COC(=O)c1cc(NC(=O)OC(C)(C)C)c2cnn(C)c2c1. The number of aromatic nitrogens is 2. The maximum Gasteiger partial charge on any atom is 0.412 e. The van der Waals surface area contributed by atoms with E-state index in [1.54, 1.807) is 50.8 Å². The normalized spacial score (nSPS) is 11.3. The van der Waals surface area contributed by atoms with Crippen LogP contribution in [0.3, 0.4) is 0 Å². The van der Waals surface area contributed by atoms with E-state index in [0.29, 0.717) is 22.2 Å². The van der Waals surface area contributed by atoms with Crippen molar-refractivity contribution in [3.05, 3.63) is 23.9 Å². The molecule has 0 radical (unpaired) electrons. The number of rotatable bonds is 2. The van der Waals surface area contributed by atoms with Gasteiger partial charge in [0.05, 0.1) is 30.1 Å². The molecule has 0 unspecified atom stereocenters. The van der Waals surface area contributed by atoms with Gasteiger partial charge in [-0.2, -0.15) is 5.10 Å². The molecule has 1 amide bonds. The minimum Gasteiger partial charge on any atom is -0.465 e. The Morgan fingerprint density at radius 1 is 1.27 bits per heavy atom. The summed E-state index contributed by atoms with van der Waals surface area (Å²) >= 11 is 0. The monoisotopic (exact) mass is 305 g/mol. The number of nitrogens with zero attached hydrogens (tertiary/aromatic N) is 2. The quantitative estimate of drug-likeness (QED) is 0.863. The number of amides is 1. The zero-order valence-electron chi connectivity index (χ0n) is 13.3. The van der Waals surface area contributed by atoms with E-state index in [9.17, 15) is 9.59 Å². The highest BCUT2D eigenvalue weighted by Gasteiger charge is 2.19. The van der Waals surface area contributed by atoms with Gasteiger partial charge in [-0.15, -0.1) is 0 Å². The number of carbonyl (C=O) groups excluding carboxylic acids is 2. The van der Waals surface area contributed by atoms with Crippen LogP contribution in [0.1, 0.15) is 31.1 Å². The number of fused-ring (bicyclic) bond motifs is 1. The summed E-state index contributed by atoms with van der Waals surface area (Å²) in [7, 11) is 3.05. The molecule has 7 heteroatoms. The van der Waals surface area contributed by atoms with E-state index < -0.39 is 17.7 Å². The van der Waals surface area contributed by atoms with E-state index in [1.165, 1.54) is 7.11 Å². The highest BCUT2D eigenvalue weighted by molar-refractivity contribution is 6.04. The van der Waals surface area contributed by atoms with E-state index >= 15 is 0 Å². The molecule has 0 aliphatic heterocycles. The minimum absolute atomic E-state index is 0.324. The second-order valence-corrected chi connectivity index (χ2v) is 5.84. The number of ether oxygens (including phenoxy) is 2. The van der Waals surface area contributed by atoms with Gasteiger partial charge in [-0.1, -0.05) is 0 Å². The third-order valence-corrected chi connectivity index (χ3v) is 2.92. The van der Waals surface area contributed by atoms with Gasteiger partial charge in [-0.05, 0) is 32.9 Å². The molecule has 1 heterocycles. The Morgan fingerprint density at radius 2 is 1.95 bits per heavy atom. The maximum absolute atomic E-state index is 12.0. The molecular weight excluding hydrogens is 286 g/mol. The van der Waals surface area contributed by atoms with Crippen molar-refractivity contribution in [1.29, 1.82) is 0 Å². The molecule has 0 aliphatic carbocycles. The lowest BCUT2D eigenvalue weighted by Gasteiger charge is -2.20. The van der Waals surface area contributed by atoms with Gasteiger partial charge in [0.1, 0.15) is 5.60 Å². The zero-order chi connectivity index (χ0) is 16.5. The van der Waals surface area contributed by atoms with Crippen molar-refractivity contribution >= 4 is 28.7 Å². The van der Waals surface area contributed by atoms with Crippen LogP contribution in [0.25, 0.3) is 10.9 Å². The summed E-state index contributed by atoms with van der Waals surface area (Å²) in [5.41, 5.74) is 0.858. The molecule has 7 nitrogen and oxygen atoms in total. The van der Waals surface area contributed by atoms with Crippen molar-refractivity contribution in [2.75, 3.05) is 12.4 Å². The van der Waals surface area contributed by atoms with Gasteiger partial charge in [-0.25, -0.2) is 9.59 Å². The van der Waals surface area contributed by atoms with Crippen LogP contribution in [-0.4, -0.2) is 34.6 Å². The van der Waals surface area contributed by atoms with Crippen molar-refractivity contribution in [2.45, 2.75) is 26.4 Å². The van der Waals surface area contributed by atoms with Crippen LogP contribution in [0, 0.1) is 0 Å². The minimum atomic E-state index is -0.613. The number of hydrogen-bond acceptors (Lipinski definition) is 5. The number of esters is 1. The number of anilines is 1. The van der Waals surface area contributed by atoms with Crippen LogP contribution in [0.5, 0.6) is 0 Å². The predicted octanol–water partition coefficient (Wildman–Crippen LogP) is 2.71. The first-order chi connectivity index (χ1) is 10.2. The van der Waals surface area contributed by atoms with Gasteiger partial charge in [0.25, 0.3) is 0 Å². The molecule has 2 aromatic rings. The number of aryl methyl sites for hydroxylation is 1. The molecule has 1 aromatic carbocycles. The molecule has 0 spiro atoms. The fraction of sp³-hybridized carbons (Fsp3) is 0.400. The molecule has 0 atom stereocenters. The molecule has 0 bridgehead atoms. The summed E-state index contributed by atoms with van der Waals surface area (Å²) in [6, 6.07) is 3.20. The first-order valence-electron chi connectivity index (χ1n) is 6.75. The molecule has 1 aromatic heterocycles. The van der Waals surface area contributed by atoms with Crippen LogP contribution in [0.15, 0.2) is 18.3 Å². The summed E-state index contributed by atoms with van der Waals surface area (Å²) in [6.45, 7) is 5.32. The average Bonchev–Trinajstić information content (AvgIpc) is 2.77.